The first-order valence-corrected chi connectivity index (χ1v) is 6.20. The topological polar surface area (TPSA) is 26.0 Å². The van der Waals surface area contributed by atoms with Crippen molar-refractivity contribution in [3.05, 3.63) is 35.4 Å². The average molecular weight is 257 g/mol. The molecule has 2 N–H and O–H groups in total. The Kier molecular flexibility index (Phi) is 3.18. The van der Waals surface area contributed by atoms with Gasteiger partial charge in [0, 0.05) is 6.04 Å². The van der Waals surface area contributed by atoms with E-state index in [9.17, 15) is 13.2 Å². The van der Waals surface area contributed by atoms with Gasteiger partial charge in [-0.2, -0.15) is 13.2 Å². The van der Waals surface area contributed by atoms with Crippen LogP contribution in [0.15, 0.2) is 24.3 Å². The molecule has 18 heavy (non-hydrogen) atoms. The molecule has 0 aliphatic heterocycles. The number of hydrogen-bond donors (Lipinski definition) is 1. The monoisotopic (exact) mass is 257 g/mol. The van der Waals surface area contributed by atoms with Crippen LogP contribution in [0.3, 0.4) is 0 Å². The van der Waals surface area contributed by atoms with E-state index in [1.165, 1.54) is 0 Å². The Morgan fingerprint density at radius 3 is 1.94 bits per heavy atom. The van der Waals surface area contributed by atoms with E-state index in [-0.39, 0.29) is 17.4 Å². The van der Waals surface area contributed by atoms with Crippen LogP contribution in [0.2, 0.25) is 0 Å². The molecule has 2 unspecified atom stereocenters. The summed E-state index contributed by atoms with van der Waals surface area (Å²) in [4.78, 5) is 0. The molecular formula is C14H18F3N. The highest BCUT2D eigenvalue weighted by Gasteiger charge is 2.50. The molecule has 0 aromatic heterocycles. The maximum atomic E-state index is 12.5. The fourth-order valence-corrected chi connectivity index (χ4v) is 2.72. The van der Waals surface area contributed by atoms with E-state index in [1.807, 2.05) is 6.92 Å². The standard InChI is InChI=1S/C14H18F3N/c1-9(13(7-8-13)10(2)18)11-3-5-12(6-4-11)14(15,16)17/h3-6,9-10H,7-8,18H2,1-2H3. The van der Waals surface area contributed by atoms with E-state index in [2.05, 4.69) is 6.92 Å². The molecule has 2 rings (SSSR count). The van der Waals surface area contributed by atoms with Gasteiger partial charge in [0.1, 0.15) is 0 Å². The summed E-state index contributed by atoms with van der Waals surface area (Å²) >= 11 is 0. The van der Waals surface area contributed by atoms with E-state index >= 15 is 0 Å². The molecule has 0 amide bonds. The van der Waals surface area contributed by atoms with E-state index < -0.39 is 11.7 Å². The molecule has 1 saturated carbocycles. The summed E-state index contributed by atoms with van der Waals surface area (Å²) in [5.41, 5.74) is 6.42. The zero-order chi connectivity index (χ0) is 13.6. The Hall–Kier alpha value is -1.03. The molecule has 1 aromatic carbocycles. The second-order valence-corrected chi connectivity index (χ2v) is 5.36. The number of alkyl halides is 3. The lowest BCUT2D eigenvalue weighted by Gasteiger charge is -2.27. The number of halogens is 3. The van der Waals surface area contributed by atoms with E-state index in [0.29, 0.717) is 0 Å². The zero-order valence-corrected chi connectivity index (χ0v) is 10.6. The highest BCUT2D eigenvalue weighted by atomic mass is 19.4. The van der Waals surface area contributed by atoms with E-state index in [4.69, 9.17) is 5.73 Å². The van der Waals surface area contributed by atoms with Crippen molar-refractivity contribution in [1.29, 1.82) is 0 Å². The van der Waals surface area contributed by atoms with Crippen molar-refractivity contribution in [1.82, 2.24) is 0 Å². The fraction of sp³-hybridized carbons (Fsp3) is 0.571. The van der Waals surface area contributed by atoms with E-state index in [0.717, 1.165) is 30.5 Å². The summed E-state index contributed by atoms with van der Waals surface area (Å²) in [6.45, 7) is 4.03. The Bertz CT molecular complexity index is 416. The molecule has 2 atom stereocenters. The van der Waals surface area contributed by atoms with Gasteiger partial charge in [-0.15, -0.1) is 0 Å². The summed E-state index contributed by atoms with van der Waals surface area (Å²) < 4.78 is 37.4. The van der Waals surface area contributed by atoms with Gasteiger partial charge >= 0.3 is 6.18 Å². The van der Waals surface area contributed by atoms with Gasteiger partial charge in [0.25, 0.3) is 0 Å². The highest BCUT2D eigenvalue weighted by molar-refractivity contribution is 5.30. The SMILES string of the molecule is CC(N)C1(C(C)c2ccc(C(F)(F)F)cc2)CC1. The van der Waals surface area contributed by atoms with Gasteiger partial charge in [-0.1, -0.05) is 19.1 Å². The third-order valence-corrected chi connectivity index (χ3v) is 4.33. The van der Waals surface area contributed by atoms with Crippen LogP contribution < -0.4 is 5.73 Å². The van der Waals surface area contributed by atoms with Crippen LogP contribution in [0.25, 0.3) is 0 Å². The predicted octanol–water partition coefficient (Wildman–Crippen LogP) is 3.94. The van der Waals surface area contributed by atoms with Crippen LogP contribution in [0.1, 0.15) is 43.7 Å². The van der Waals surface area contributed by atoms with Crippen molar-refractivity contribution in [2.24, 2.45) is 11.1 Å². The van der Waals surface area contributed by atoms with Crippen molar-refractivity contribution in [2.45, 2.75) is 44.8 Å². The third kappa shape index (κ3) is 2.26. The molecule has 1 fully saturated rings. The van der Waals surface area contributed by atoms with Crippen molar-refractivity contribution in [2.75, 3.05) is 0 Å². The van der Waals surface area contributed by atoms with Gasteiger partial charge in [0.2, 0.25) is 0 Å². The Morgan fingerprint density at radius 2 is 1.61 bits per heavy atom. The normalized spacial score (nSPS) is 21.4. The second kappa shape index (κ2) is 4.26. The van der Waals surface area contributed by atoms with Gasteiger partial charge in [-0.05, 0) is 48.8 Å². The van der Waals surface area contributed by atoms with Gasteiger partial charge < -0.3 is 5.73 Å². The molecule has 1 aromatic rings. The van der Waals surface area contributed by atoms with Crippen LogP contribution >= 0.6 is 0 Å². The molecule has 0 heterocycles. The first-order valence-electron chi connectivity index (χ1n) is 6.20. The lowest BCUT2D eigenvalue weighted by atomic mass is 9.80. The molecule has 100 valence electrons. The average Bonchev–Trinajstić information content (AvgIpc) is 3.08. The smallest absolute Gasteiger partial charge is 0.327 e. The molecule has 1 nitrogen and oxygen atoms in total. The van der Waals surface area contributed by atoms with Crippen LogP contribution in [-0.2, 0) is 6.18 Å². The van der Waals surface area contributed by atoms with Crippen molar-refractivity contribution < 1.29 is 13.2 Å². The summed E-state index contributed by atoms with van der Waals surface area (Å²) in [5.74, 6) is 0.208. The van der Waals surface area contributed by atoms with Crippen molar-refractivity contribution in [3.63, 3.8) is 0 Å². The lowest BCUT2D eigenvalue weighted by Crippen LogP contribution is -2.32. The maximum Gasteiger partial charge on any atom is 0.416 e. The second-order valence-electron chi connectivity index (χ2n) is 5.36. The maximum absolute atomic E-state index is 12.5. The lowest BCUT2D eigenvalue weighted by molar-refractivity contribution is -0.137. The molecule has 0 saturated heterocycles. The minimum Gasteiger partial charge on any atom is -0.327 e. The van der Waals surface area contributed by atoms with Gasteiger partial charge in [-0.3, -0.25) is 0 Å². The summed E-state index contributed by atoms with van der Waals surface area (Å²) in [5, 5.41) is 0. The van der Waals surface area contributed by atoms with Crippen molar-refractivity contribution >= 4 is 0 Å². The first-order chi connectivity index (χ1) is 8.27. The van der Waals surface area contributed by atoms with Gasteiger partial charge in [0.05, 0.1) is 5.56 Å². The molecule has 0 radical (unpaired) electrons. The Balaban J connectivity index is 2.20. The minimum atomic E-state index is -4.26. The summed E-state index contributed by atoms with van der Waals surface area (Å²) in [7, 11) is 0. The summed E-state index contributed by atoms with van der Waals surface area (Å²) in [6.07, 6.45) is -2.14. The van der Waals surface area contributed by atoms with Crippen molar-refractivity contribution in [3.8, 4) is 0 Å². The third-order valence-electron chi connectivity index (χ3n) is 4.33. The van der Waals surface area contributed by atoms with Crippen LogP contribution in [0, 0.1) is 5.41 Å². The molecule has 0 bridgehead atoms. The summed E-state index contributed by atoms with van der Waals surface area (Å²) in [6, 6.07) is 5.55. The molecule has 4 heteroatoms. The van der Waals surface area contributed by atoms with Crippen LogP contribution in [0.4, 0.5) is 13.2 Å². The van der Waals surface area contributed by atoms with Gasteiger partial charge in [-0.25, -0.2) is 0 Å². The quantitative estimate of drug-likeness (QED) is 0.872. The molecular weight excluding hydrogens is 239 g/mol. The van der Waals surface area contributed by atoms with E-state index in [1.54, 1.807) is 12.1 Å². The molecule has 1 aliphatic carbocycles. The number of benzene rings is 1. The number of rotatable bonds is 3. The Labute approximate surface area is 105 Å². The number of nitrogens with two attached hydrogens (primary N) is 1. The number of hydrogen-bond acceptors (Lipinski definition) is 1. The fourth-order valence-electron chi connectivity index (χ4n) is 2.72. The van der Waals surface area contributed by atoms with Crippen LogP contribution in [0.5, 0.6) is 0 Å². The first kappa shape index (κ1) is 13.4. The zero-order valence-electron chi connectivity index (χ0n) is 10.6. The van der Waals surface area contributed by atoms with Gasteiger partial charge in [0.15, 0.2) is 0 Å². The molecule has 0 spiro atoms. The largest absolute Gasteiger partial charge is 0.416 e. The highest BCUT2D eigenvalue weighted by Crippen LogP contribution is 2.57. The Morgan fingerprint density at radius 1 is 1.11 bits per heavy atom. The predicted molar refractivity (Wildman–Crippen MR) is 65.2 cm³/mol. The molecule has 1 aliphatic rings. The van der Waals surface area contributed by atoms with Crippen LogP contribution in [-0.4, -0.2) is 6.04 Å². The minimum absolute atomic E-state index is 0.0785.